The second kappa shape index (κ2) is 12.1. The molecular formula is C24H31N5O7S. The van der Waals surface area contributed by atoms with E-state index in [-0.39, 0.29) is 29.7 Å². The van der Waals surface area contributed by atoms with Crippen LogP contribution in [-0.2, 0) is 10.4 Å². The van der Waals surface area contributed by atoms with E-state index < -0.39 is 10.4 Å². The third-order valence-corrected chi connectivity index (χ3v) is 5.97. The van der Waals surface area contributed by atoms with Crippen molar-refractivity contribution in [3.8, 4) is 22.7 Å². The van der Waals surface area contributed by atoms with E-state index >= 15 is 0 Å². The number of aromatic nitrogens is 3. The van der Waals surface area contributed by atoms with Gasteiger partial charge in [0.25, 0.3) is 11.8 Å². The SMILES string of the molecule is CCC(CC)NC(=O)c1cnc(-c2cccc(-c3cc(C(=O)N[C@@H](C)C4CC4)n[nH]3)c2)o1.O=S(=O)(O)O. The molecule has 13 heteroatoms. The molecule has 2 aromatic heterocycles. The van der Waals surface area contributed by atoms with Crippen LogP contribution >= 0.6 is 0 Å². The summed E-state index contributed by atoms with van der Waals surface area (Å²) in [6, 6.07) is 9.53. The number of oxazole rings is 1. The highest BCUT2D eigenvalue weighted by atomic mass is 32.3. The standard InChI is InChI=1S/C24H29N5O3.H2O4S/c1-4-18(5-2)27-23(31)21-13-25-24(32-21)17-8-6-7-16(11-17)19-12-20(29-28-19)22(30)26-14(3)15-9-10-15;1-5(2,3)4/h6-8,11-15,18H,4-5,9-10H2,1-3H3,(H,26,30)(H,27,31)(H,28,29);(H2,1,2,3,4)/t14-;/m0./s1. The number of benzene rings is 1. The number of rotatable bonds is 9. The molecule has 1 saturated carbocycles. The summed E-state index contributed by atoms with van der Waals surface area (Å²) in [5.74, 6) is 0.679. The number of amides is 2. The first kappa shape index (κ1) is 28.0. The van der Waals surface area contributed by atoms with Gasteiger partial charge >= 0.3 is 10.4 Å². The summed E-state index contributed by atoms with van der Waals surface area (Å²) in [7, 11) is -4.67. The molecule has 1 fully saturated rings. The highest BCUT2D eigenvalue weighted by Crippen LogP contribution is 2.32. The lowest BCUT2D eigenvalue weighted by atomic mass is 10.1. The lowest BCUT2D eigenvalue weighted by molar-refractivity contribution is 0.0905. The van der Waals surface area contributed by atoms with Crippen molar-refractivity contribution >= 4 is 22.2 Å². The van der Waals surface area contributed by atoms with Gasteiger partial charge in [0, 0.05) is 23.2 Å². The Morgan fingerprint density at radius 3 is 2.38 bits per heavy atom. The van der Waals surface area contributed by atoms with Crippen LogP contribution in [0.1, 0.15) is 67.5 Å². The number of aromatic amines is 1. The molecule has 0 radical (unpaired) electrons. The average molecular weight is 534 g/mol. The minimum Gasteiger partial charge on any atom is -0.431 e. The first-order chi connectivity index (χ1) is 17.5. The van der Waals surface area contributed by atoms with E-state index in [2.05, 4.69) is 25.8 Å². The second-order valence-corrected chi connectivity index (χ2v) is 9.71. The maximum atomic E-state index is 12.5. The molecule has 1 atom stereocenters. The highest BCUT2D eigenvalue weighted by Gasteiger charge is 2.29. The van der Waals surface area contributed by atoms with Crippen LogP contribution in [0.2, 0.25) is 0 Å². The molecule has 0 bridgehead atoms. The normalized spacial score (nSPS) is 14.0. The van der Waals surface area contributed by atoms with Gasteiger partial charge in [0.05, 0.1) is 11.9 Å². The highest BCUT2D eigenvalue weighted by molar-refractivity contribution is 7.79. The van der Waals surface area contributed by atoms with Gasteiger partial charge in [0.2, 0.25) is 11.7 Å². The molecule has 0 saturated heterocycles. The fourth-order valence-electron chi connectivity index (χ4n) is 3.66. The molecule has 2 amide bonds. The van der Waals surface area contributed by atoms with Gasteiger partial charge in [-0.1, -0.05) is 26.0 Å². The van der Waals surface area contributed by atoms with Crippen molar-refractivity contribution in [2.75, 3.05) is 0 Å². The smallest absolute Gasteiger partial charge is 0.394 e. The zero-order valence-electron chi connectivity index (χ0n) is 20.8. The van der Waals surface area contributed by atoms with Gasteiger partial charge in [-0.3, -0.25) is 23.8 Å². The molecule has 4 rings (SSSR count). The van der Waals surface area contributed by atoms with Crippen molar-refractivity contribution in [1.29, 1.82) is 0 Å². The number of carbonyl (C=O) groups is 2. The van der Waals surface area contributed by atoms with E-state index in [1.807, 2.05) is 45.0 Å². The molecule has 1 aliphatic carbocycles. The Hall–Kier alpha value is -3.55. The Kier molecular flexibility index (Phi) is 9.18. The summed E-state index contributed by atoms with van der Waals surface area (Å²) in [4.78, 5) is 29.1. The van der Waals surface area contributed by atoms with E-state index in [0.29, 0.717) is 23.2 Å². The van der Waals surface area contributed by atoms with Crippen molar-refractivity contribution < 1.29 is 31.5 Å². The first-order valence-corrected chi connectivity index (χ1v) is 13.3. The zero-order valence-corrected chi connectivity index (χ0v) is 21.6. The maximum Gasteiger partial charge on any atom is 0.394 e. The molecule has 0 unspecified atom stereocenters. The summed E-state index contributed by atoms with van der Waals surface area (Å²) < 4.78 is 37.3. The van der Waals surface area contributed by atoms with E-state index in [1.54, 1.807) is 6.07 Å². The van der Waals surface area contributed by atoms with E-state index in [4.69, 9.17) is 21.9 Å². The summed E-state index contributed by atoms with van der Waals surface area (Å²) in [6.07, 6.45) is 5.49. The fourth-order valence-corrected chi connectivity index (χ4v) is 3.66. The van der Waals surface area contributed by atoms with Crippen molar-refractivity contribution in [1.82, 2.24) is 25.8 Å². The van der Waals surface area contributed by atoms with Crippen LogP contribution in [0.15, 0.2) is 40.9 Å². The first-order valence-electron chi connectivity index (χ1n) is 11.9. The molecule has 5 N–H and O–H groups in total. The van der Waals surface area contributed by atoms with Crippen LogP contribution in [0.3, 0.4) is 0 Å². The Bertz CT molecular complexity index is 1250. The Morgan fingerprint density at radius 1 is 1.11 bits per heavy atom. The van der Waals surface area contributed by atoms with Gasteiger partial charge in [-0.05, 0) is 56.7 Å². The molecule has 2 heterocycles. The summed E-state index contributed by atoms with van der Waals surface area (Å²) in [5.41, 5.74) is 2.64. The average Bonchev–Trinajstić information content (AvgIpc) is 3.37. The minimum absolute atomic E-state index is 0.110. The number of H-pyrrole nitrogens is 1. The van der Waals surface area contributed by atoms with Crippen LogP contribution in [0.25, 0.3) is 22.7 Å². The van der Waals surface area contributed by atoms with Crippen LogP contribution in [0.5, 0.6) is 0 Å². The third kappa shape index (κ3) is 8.51. The molecule has 1 aromatic carbocycles. The Balaban J connectivity index is 0.000000695. The molecule has 3 aromatic rings. The van der Waals surface area contributed by atoms with E-state index in [0.717, 1.165) is 24.0 Å². The van der Waals surface area contributed by atoms with Gasteiger partial charge in [0.15, 0.2) is 5.69 Å². The second-order valence-electron chi connectivity index (χ2n) is 8.81. The Morgan fingerprint density at radius 2 is 1.76 bits per heavy atom. The minimum atomic E-state index is -4.67. The van der Waals surface area contributed by atoms with Crippen LogP contribution < -0.4 is 10.6 Å². The maximum absolute atomic E-state index is 12.5. The van der Waals surface area contributed by atoms with Gasteiger partial charge in [-0.2, -0.15) is 13.5 Å². The lowest BCUT2D eigenvalue weighted by Gasteiger charge is -2.12. The van der Waals surface area contributed by atoms with E-state index in [9.17, 15) is 9.59 Å². The predicted octanol–water partition coefficient (Wildman–Crippen LogP) is 3.53. The van der Waals surface area contributed by atoms with Gasteiger partial charge < -0.3 is 15.1 Å². The van der Waals surface area contributed by atoms with Gasteiger partial charge in [-0.25, -0.2) is 4.98 Å². The number of hydrogen-bond acceptors (Lipinski definition) is 7. The lowest BCUT2D eigenvalue weighted by Crippen LogP contribution is -2.34. The topological polar surface area (TPSA) is 188 Å². The largest absolute Gasteiger partial charge is 0.431 e. The van der Waals surface area contributed by atoms with Gasteiger partial charge in [0.1, 0.15) is 0 Å². The van der Waals surface area contributed by atoms with Crippen molar-refractivity contribution in [3.63, 3.8) is 0 Å². The van der Waals surface area contributed by atoms with Crippen LogP contribution in [0, 0.1) is 5.92 Å². The van der Waals surface area contributed by atoms with E-state index in [1.165, 1.54) is 19.0 Å². The summed E-state index contributed by atoms with van der Waals surface area (Å²) >= 11 is 0. The van der Waals surface area contributed by atoms with Crippen LogP contribution in [0.4, 0.5) is 0 Å². The molecule has 0 aliphatic heterocycles. The molecule has 0 spiro atoms. The van der Waals surface area contributed by atoms with Crippen LogP contribution in [-0.4, -0.2) is 56.6 Å². The molecule has 12 nitrogen and oxygen atoms in total. The zero-order chi connectivity index (χ0) is 27.2. The molecule has 37 heavy (non-hydrogen) atoms. The monoisotopic (exact) mass is 533 g/mol. The van der Waals surface area contributed by atoms with Gasteiger partial charge in [-0.15, -0.1) is 0 Å². The quantitative estimate of drug-likeness (QED) is 0.256. The fraction of sp³-hybridized carbons (Fsp3) is 0.417. The Labute approximate surface area is 214 Å². The van der Waals surface area contributed by atoms with Crippen molar-refractivity contribution in [2.24, 2.45) is 5.92 Å². The van der Waals surface area contributed by atoms with Crippen molar-refractivity contribution in [3.05, 3.63) is 48.0 Å². The molecule has 200 valence electrons. The third-order valence-electron chi connectivity index (χ3n) is 5.97. The number of hydrogen-bond donors (Lipinski definition) is 5. The number of carbonyl (C=O) groups excluding carboxylic acids is 2. The molecular weight excluding hydrogens is 502 g/mol. The molecule has 1 aliphatic rings. The summed E-state index contributed by atoms with van der Waals surface area (Å²) in [6.45, 7) is 6.09. The van der Waals surface area contributed by atoms with Crippen molar-refractivity contribution in [2.45, 2.75) is 58.5 Å². The number of nitrogens with one attached hydrogen (secondary N) is 3. The summed E-state index contributed by atoms with van der Waals surface area (Å²) in [5, 5.41) is 13.1. The number of nitrogens with zero attached hydrogens (tertiary/aromatic N) is 2. The predicted molar refractivity (Wildman–Crippen MR) is 135 cm³/mol.